The van der Waals surface area contributed by atoms with Gasteiger partial charge in [0.15, 0.2) is 0 Å². The van der Waals surface area contributed by atoms with Crippen molar-refractivity contribution in [2.45, 2.75) is 20.5 Å². The van der Waals surface area contributed by atoms with E-state index in [0.29, 0.717) is 12.2 Å². The minimum Gasteiger partial charge on any atom is -0.391 e. The third-order valence-corrected chi connectivity index (χ3v) is 3.10. The van der Waals surface area contributed by atoms with Crippen LogP contribution in [-0.2, 0) is 11.4 Å². The Balaban J connectivity index is 2.05. The van der Waals surface area contributed by atoms with Crippen LogP contribution in [0, 0.1) is 6.92 Å². The molecule has 0 spiro atoms. The SMILES string of the molecule is CC(=NOCc1ccccc1)c1ccc(C)c(C=O)c1. The van der Waals surface area contributed by atoms with Crippen molar-refractivity contribution in [2.75, 3.05) is 0 Å². The van der Waals surface area contributed by atoms with Gasteiger partial charge in [0.25, 0.3) is 0 Å². The molecule has 3 nitrogen and oxygen atoms in total. The second-order valence-corrected chi connectivity index (χ2v) is 4.62. The average molecular weight is 267 g/mol. The van der Waals surface area contributed by atoms with Crippen molar-refractivity contribution in [1.82, 2.24) is 0 Å². The summed E-state index contributed by atoms with van der Waals surface area (Å²) in [5, 5.41) is 4.10. The number of aryl methyl sites for hydroxylation is 1. The lowest BCUT2D eigenvalue weighted by molar-refractivity contribution is 0.112. The Hall–Kier alpha value is -2.42. The maximum Gasteiger partial charge on any atom is 0.150 e. The average Bonchev–Trinajstić information content (AvgIpc) is 2.48. The van der Waals surface area contributed by atoms with E-state index < -0.39 is 0 Å². The van der Waals surface area contributed by atoms with E-state index in [2.05, 4.69) is 5.16 Å². The molecule has 0 saturated carbocycles. The Bertz CT molecular complexity index is 618. The van der Waals surface area contributed by atoms with Crippen molar-refractivity contribution in [3.8, 4) is 0 Å². The lowest BCUT2D eigenvalue weighted by Gasteiger charge is -2.05. The summed E-state index contributed by atoms with van der Waals surface area (Å²) in [6.45, 7) is 4.21. The fourth-order valence-electron chi connectivity index (χ4n) is 1.82. The number of hydrogen-bond donors (Lipinski definition) is 0. The zero-order valence-corrected chi connectivity index (χ0v) is 11.7. The standard InChI is InChI=1S/C17H17NO2/c1-13-8-9-16(10-17(13)11-19)14(2)18-20-12-15-6-4-3-5-7-15/h3-11H,12H2,1-2H3. The Labute approximate surface area is 118 Å². The highest BCUT2D eigenvalue weighted by Gasteiger charge is 2.02. The molecule has 0 aliphatic rings. The summed E-state index contributed by atoms with van der Waals surface area (Å²) in [5.74, 6) is 0. The Kier molecular flexibility index (Phi) is 4.66. The molecule has 2 rings (SSSR count). The molecule has 3 heteroatoms. The first-order valence-corrected chi connectivity index (χ1v) is 6.47. The molecule has 0 aliphatic heterocycles. The molecule has 0 N–H and O–H groups in total. The van der Waals surface area contributed by atoms with Crippen molar-refractivity contribution in [3.05, 3.63) is 70.8 Å². The van der Waals surface area contributed by atoms with Crippen molar-refractivity contribution in [2.24, 2.45) is 5.16 Å². The topological polar surface area (TPSA) is 38.7 Å². The number of carbonyl (C=O) groups excluding carboxylic acids is 1. The Morgan fingerprint density at radius 1 is 1.20 bits per heavy atom. The number of nitrogens with zero attached hydrogens (tertiary/aromatic N) is 1. The van der Waals surface area contributed by atoms with Crippen LogP contribution in [0.15, 0.2) is 53.7 Å². The van der Waals surface area contributed by atoms with Crippen LogP contribution < -0.4 is 0 Å². The Morgan fingerprint density at radius 3 is 2.65 bits per heavy atom. The third-order valence-electron chi connectivity index (χ3n) is 3.10. The fourth-order valence-corrected chi connectivity index (χ4v) is 1.82. The normalized spacial score (nSPS) is 11.2. The van der Waals surface area contributed by atoms with Gasteiger partial charge in [-0.15, -0.1) is 0 Å². The van der Waals surface area contributed by atoms with Crippen molar-refractivity contribution in [1.29, 1.82) is 0 Å². The molecule has 2 aromatic rings. The van der Waals surface area contributed by atoms with Crippen LogP contribution in [0.1, 0.15) is 34.0 Å². The minimum atomic E-state index is 0.435. The molecule has 0 saturated heterocycles. The third kappa shape index (κ3) is 3.54. The summed E-state index contributed by atoms with van der Waals surface area (Å²) in [4.78, 5) is 16.3. The van der Waals surface area contributed by atoms with E-state index in [1.807, 2.05) is 62.4 Å². The van der Waals surface area contributed by atoms with Crippen LogP contribution in [0.25, 0.3) is 0 Å². The van der Waals surface area contributed by atoms with Crippen molar-refractivity contribution < 1.29 is 9.63 Å². The summed E-state index contributed by atoms with van der Waals surface area (Å²) in [7, 11) is 0. The van der Waals surface area contributed by atoms with E-state index in [4.69, 9.17) is 4.84 Å². The molecule has 0 atom stereocenters. The van der Waals surface area contributed by atoms with Crippen LogP contribution >= 0.6 is 0 Å². The summed E-state index contributed by atoms with van der Waals surface area (Å²) >= 11 is 0. The number of oxime groups is 1. The highest BCUT2D eigenvalue weighted by atomic mass is 16.6. The van der Waals surface area contributed by atoms with E-state index in [1.165, 1.54) is 0 Å². The molecule has 0 bridgehead atoms. The molecule has 0 aromatic heterocycles. The van der Waals surface area contributed by atoms with Gasteiger partial charge in [-0.1, -0.05) is 47.6 Å². The first-order valence-electron chi connectivity index (χ1n) is 6.47. The molecule has 20 heavy (non-hydrogen) atoms. The smallest absolute Gasteiger partial charge is 0.150 e. The summed E-state index contributed by atoms with van der Waals surface area (Å²) < 4.78 is 0. The van der Waals surface area contributed by atoms with Crippen LogP contribution in [0.5, 0.6) is 0 Å². The monoisotopic (exact) mass is 267 g/mol. The summed E-state index contributed by atoms with van der Waals surface area (Å²) in [6.07, 6.45) is 0.858. The first kappa shape index (κ1) is 14.0. The molecule has 0 amide bonds. The van der Waals surface area contributed by atoms with Crippen LogP contribution in [0.3, 0.4) is 0 Å². The van der Waals surface area contributed by atoms with Gasteiger partial charge in [-0.25, -0.2) is 0 Å². The molecule has 0 aliphatic carbocycles. The zero-order valence-electron chi connectivity index (χ0n) is 11.7. The number of benzene rings is 2. The lowest BCUT2D eigenvalue weighted by atomic mass is 10.0. The van der Waals surface area contributed by atoms with Gasteiger partial charge < -0.3 is 4.84 Å². The van der Waals surface area contributed by atoms with Crippen molar-refractivity contribution >= 4 is 12.0 Å². The maximum atomic E-state index is 10.9. The van der Waals surface area contributed by atoms with E-state index in [1.54, 1.807) is 0 Å². The molecule has 0 heterocycles. The van der Waals surface area contributed by atoms with Crippen molar-refractivity contribution in [3.63, 3.8) is 0 Å². The zero-order chi connectivity index (χ0) is 14.4. The highest BCUT2D eigenvalue weighted by molar-refractivity contribution is 5.99. The molecule has 102 valence electrons. The second kappa shape index (κ2) is 6.66. The van der Waals surface area contributed by atoms with Gasteiger partial charge >= 0.3 is 0 Å². The minimum absolute atomic E-state index is 0.435. The van der Waals surface area contributed by atoms with E-state index in [0.717, 1.165) is 28.7 Å². The molecule has 0 unspecified atom stereocenters. The molecular weight excluding hydrogens is 250 g/mol. The van der Waals surface area contributed by atoms with Crippen LogP contribution in [-0.4, -0.2) is 12.0 Å². The van der Waals surface area contributed by atoms with Gasteiger partial charge in [0.2, 0.25) is 0 Å². The van der Waals surface area contributed by atoms with E-state index in [-0.39, 0.29) is 0 Å². The largest absolute Gasteiger partial charge is 0.391 e. The second-order valence-electron chi connectivity index (χ2n) is 4.62. The number of carbonyl (C=O) groups is 1. The molecular formula is C17H17NO2. The Morgan fingerprint density at radius 2 is 1.95 bits per heavy atom. The molecule has 0 fully saturated rings. The molecule has 2 aromatic carbocycles. The summed E-state index contributed by atoms with van der Waals surface area (Å²) in [6, 6.07) is 15.5. The van der Waals surface area contributed by atoms with Gasteiger partial charge in [0.05, 0.1) is 5.71 Å². The van der Waals surface area contributed by atoms with Gasteiger partial charge in [0.1, 0.15) is 12.9 Å². The highest BCUT2D eigenvalue weighted by Crippen LogP contribution is 2.11. The summed E-state index contributed by atoms with van der Waals surface area (Å²) in [5.41, 5.74) is 4.36. The fraction of sp³-hybridized carbons (Fsp3) is 0.176. The van der Waals surface area contributed by atoms with E-state index >= 15 is 0 Å². The van der Waals surface area contributed by atoms with Gasteiger partial charge in [-0.2, -0.15) is 0 Å². The predicted molar refractivity (Wildman–Crippen MR) is 80.0 cm³/mol. The number of aldehydes is 1. The van der Waals surface area contributed by atoms with Gasteiger partial charge in [-0.05, 0) is 36.6 Å². The predicted octanol–water partition coefficient (Wildman–Crippen LogP) is 3.75. The maximum absolute atomic E-state index is 10.9. The quantitative estimate of drug-likeness (QED) is 0.470. The van der Waals surface area contributed by atoms with E-state index in [9.17, 15) is 4.79 Å². The van der Waals surface area contributed by atoms with Crippen LogP contribution in [0.2, 0.25) is 0 Å². The van der Waals surface area contributed by atoms with Crippen LogP contribution in [0.4, 0.5) is 0 Å². The number of rotatable bonds is 5. The van der Waals surface area contributed by atoms with Gasteiger partial charge in [0, 0.05) is 5.56 Å². The molecule has 0 radical (unpaired) electrons. The lowest BCUT2D eigenvalue weighted by Crippen LogP contribution is -1.99. The van der Waals surface area contributed by atoms with Gasteiger partial charge in [-0.3, -0.25) is 4.79 Å². The number of hydrogen-bond acceptors (Lipinski definition) is 3. The first-order chi connectivity index (χ1) is 9.70.